The molecular weight excluding hydrogens is 348 g/mol. The lowest BCUT2D eigenvalue weighted by molar-refractivity contribution is -0.134. The fourth-order valence-electron chi connectivity index (χ4n) is 2.92. The lowest BCUT2D eigenvalue weighted by atomic mass is 10.1. The van der Waals surface area contributed by atoms with Crippen molar-refractivity contribution in [2.45, 2.75) is 13.0 Å². The Hall–Kier alpha value is -3.58. The Balaban J connectivity index is 1.67. The normalized spacial score (nSPS) is 10.1. The molecule has 0 atom stereocenters. The number of carbonyl (C=O) groups excluding carboxylic acids is 1. The first kappa shape index (κ1) is 19.2. The lowest BCUT2D eigenvalue weighted by Crippen LogP contribution is -2.36. The summed E-state index contributed by atoms with van der Waals surface area (Å²) in [4.78, 5) is 14.7. The number of carbonyl (C=O) groups is 1. The summed E-state index contributed by atoms with van der Waals surface area (Å²) in [5.74, 6) is 0.327. The van der Waals surface area contributed by atoms with Gasteiger partial charge < -0.3 is 9.64 Å². The first-order chi connectivity index (χ1) is 13.8. The molecule has 0 aliphatic carbocycles. The maximum absolute atomic E-state index is 12.9. The number of amides is 1. The number of rotatable bonds is 8. The summed E-state index contributed by atoms with van der Waals surface area (Å²) in [5, 5.41) is 9.17. The Labute approximate surface area is 165 Å². The third kappa shape index (κ3) is 5.46. The molecular formula is C24H22N2O2. The molecule has 0 saturated heterocycles. The largest absolute Gasteiger partial charge is 0.482 e. The highest BCUT2D eigenvalue weighted by Gasteiger charge is 2.16. The summed E-state index contributed by atoms with van der Waals surface area (Å²) in [6, 6.07) is 29.0. The van der Waals surface area contributed by atoms with Gasteiger partial charge in [0.15, 0.2) is 6.61 Å². The van der Waals surface area contributed by atoms with Crippen LogP contribution in [0.4, 0.5) is 0 Å². The first-order valence-electron chi connectivity index (χ1n) is 9.24. The summed E-state index contributed by atoms with van der Waals surface area (Å²) in [6.07, 6.45) is 0.772. The zero-order chi connectivity index (χ0) is 19.6. The highest BCUT2D eigenvalue weighted by molar-refractivity contribution is 5.78. The highest BCUT2D eigenvalue weighted by atomic mass is 16.5. The van der Waals surface area contributed by atoms with Gasteiger partial charge in [0.1, 0.15) is 11.8 Å². The van der Waals surface area contributed by atoms with Gasteiger partial charge in [0.05, 0.1) is 5.56 Å². The van der Waals surface area contributed by atoms with Crippen LogP contribution >= 0.6 is 0 Å². The quantitative estimate of drug-likeness (QED) is 0.597. The van der Waals surface area contributed by atoms with Crippen LogP contribution in [0.2, 0.25) is 0 Å². The zero-order valence-corrected chi connectivity index (χ0v) is 15.6. The van der Waals surface area contributed by atoms with E-state index in [4.69, 9.17) is 4.74 Å². The molecule has 1 amide bonds. The Morgan fingerprint density at radius 1 is 0.857 bits per heavy atom. The molecule has 0 aliphatic rings. The minimum atomic E-state index is -0.104. The number of ether oxygens (including phenoxy) is 1. The second-order valence-electron chi connectivity index (χ2n) is 6.43. The van der Waals surface area contributed by atoms with E-state index in [1.807, 2.05) is 48.5 Å². The molecule has 0 aromatic heterocycles. The molecule has 0 saturated carbocycles. The minimum Gasteiger partial charge on any atom is -0.482 e. The van der Waals surface area contributed by atoms with Crippen LogP contribution in [0, 0.1) is 11.3 Å². The molecule has 0 radical (unpaired) electrons. The number of hydrogen-bond donors (Lipinski definition) is 0. The third-order valence-electron chi connectivity index (χ3n) is 4.44. The van der Waals surface area contributed by atoms with Crippen LogP contribution in [0.3, 0.4) is 0 Å². The monoisotopic (exact) mass is 370 g/mol. The fraction of sp³-hybridized carbons (Fsp3) is 0.167. The van der Waals surface area contributed by atoms with Gasteiger partial charge in [0.2, 0.25) is 0 Å². The van der Waals surface area contributed by atoms with Gasteiger partial charge >= 0.3 is 0 Å². The van der Waals surface area contributed by atoms with Crippen molar-refractivity contribution < 1.29 is 9.53 Å². The molecule has 3 rings (SSSR count). The number of nitriles is 1. The van der Waals surface area contributed by atoms with Gasteiger partial charge in [-0.1, -0.05) is 72.8 Å². The third-order valence-corrected chi connectivity index (χ3v) is 4.44. The minimum absolute atomic E-state index is 0.0969. The van der Waals surface area contributed by atoms with Crippen LogP contribution in [0.5, 0.6) is 5.75 Å². The van der Waals surface area contributed by atoms with E-state index in [1.165, 1.54) is 5.56 Å². The van der Waals surface area contributed by atoms with Crippen LogP contribution < -0.4 is 4.74 Å². The van der Waals surface area contributed by atoms with Gasteiger partial charge in [-0.05, 0) is 29.7 Å². The predicted octanol–water partition coefficient (Wildman–Crippen LogP) is 4.21. The van der Waals surface area contributed by atoms with Crippen molar-refractivity contribution in [1.82, 2.24) is 4.90 Å². The molecule has 0 spiro atoms. The van der Waals surface area contributed by atoms with E-state index in [0.717, 1.165) is 12.0 Å². The molecule has 140 valence electrons. The van der Waals surface area contributed by atoms with Gasteiger partial charge in [-0.15, -0.1) is 0 Å². The number of hydrogen-bond acceptors (Lipinski definition) is 3. The topological polar surface area (TPSA) is 53.3 Å². The van der Waals surface area contributed by atoms with Gasteiger partial charge in [-0.25, -0.2) is 0 Å². The average molecular weight is 370 g/mol. The summed E-state index contributed by atoms with van der Waals surface area (Å²) >= 11 is 0. The molecule has 3 aromatic rings. The smallest absolute Gasteiger partial charge is 0.260 e. The van der Waals surface area contributed by atoms with Crippen molar-refractivity contribution in [3.8, 4) is 11.8 Å². The van der Waals surface area contributed by atoms with Gasteiger partial charge in [-0.2, -0.15) is 5.26 Å². The maximum atomic E-state index is 12.9. The van der Waals surface area contributed by atoms with E-state index in [1.54, 1.807) is 29.2 Å². The number of benzene rings is 3. The fourth-order valence-corrected chi connectivity index (χ4v) is 2.92. The molecule has 3 aromatic carbocycles. The molecule has 0 aliphatic heterocycles. The Morgan fingerprint density at radius 3 is 2.14 bits per heavy atom. The van der Waals surface area contributed by atoms with Crippen LogP contribution in [0.25, 0.3) is 0 Å². The maximum Gasteiger partial charge on any atom is 0.260 e. The number of para-hydroxylation sites is 1. The molecule has 0 fully saturated rings. The second-order valence-corrected chi connectivity index (χ2v) is 6.43. The van der Waals surface area contributed by atoms with Gasteiger partial charge in [0.25, 0.3) is 5.91 Å². The van der Waals surface area contributed by atoms with Crippen molar-refractivity contribution in [1.29, 1.82) is 5.26 Å². The van der Waals surface area contributed by atoms with E-state index in [9.17, 15) is 10.1 Å². The van der Waals surface area contributed by atoms with Gasteiger partial charge in [0, 0.05) is 13.1 Å². The van der Waals surface area contributed by atoms with E-state index in [-0.39, 0.29) is 12.5 Å². The van der Waals surface area contributed by atoms with Crippen LogP contribution in [0.15, 0.2) is 84.9 Å². The zero-order valence-electron chi connectivity index (χ0n) is 15.6. The number of nitrogens with zero attached hydrogens (tertiary/aromatic N) is 2. The van der Waals surface area contributed by atoms with Gasteiger partial charge in [-0.3, -0.25) is 4.79 Å². The molecule has 0 unspecified atom stereocenters. The highest BCUT2D eigenvalue weighted by Crippen LogP contribution is 2.17. The Bertz CT molecular complexity index is 934. The van der Waals surface area contributed by atoms with Crippen LogP contribution in [0.1, 0.15) is 16.7 Å². The van der Waals surface area contributed by atoms with Crippen molar-refractivity contribution >= 4 is 5.91 Å². The van der Waals surface area contributed by atoms with E-state index in [0.29, 0.717) is 24.4 Å². The van der Waals surface area contributed by atoms with E-state index in [2.05, 4.69) is 18.2 Å². The first-order valence-corrected chi connectivity index (χ1v) is 9.24. The molecule has 28 heavy (non-hydrogen) atoms. The summed E-state index contributed by atoms with van der Waals surface area (Å²) < 4.78 is 5.65. The Morgan fingerprint density at radius 2 is 1.46 bits per heavy atom. The summed E-state index contributed by atoms with van der Waals surface area (Å²) in [5.41, 5.74) is 2.68. The SMILES string of the molecule is N#Cc1ccccc1OCC(=O)N(CCc1ccccc1)Cc1ccccc1. The standard InChI is InChI=1S/C24H22N2O2/c25-17-22-13-7-8-14-23(22)28-19-24(27)26(18-21-11-5-2-6-12-21)16-15-20-9-3-1-4-10-20/h1-14H,15-16,18-19H2. The Kier molecular flexibility index (Phi) is 6.81. The molecule has 0 heterocycles. The molecule has 4 heteroatoms. The van der Waals surface area contributed by atoms with Crippen LogP contribution in [-0.4, -0.2) is 24.0 Å². The predicted molar refractivity (Wildman–Crippen MR) is 109 cm³/mol. The van der Waals surface area contributed by atoms with Crippen molar-refractivity contribution in [2.75, 3.05) is 13.2 Å². The average Bonchev–Trinajstić information content (AvgIpc) is 2.76. The van der Waals surface area contributed by atoms with E-state index < -0.39 is 0 Å². The van der Waals surface area contributed by atoms with Crippen molar-refractivity contribution in [2.24, 2.45) is 0 Å². The molecule has 0 bridgehead atoms. The summed E-state index contributed by atoms with van der Waals surface area (Å²) in [6.45, 7) is 1.02. The van der Waals surface area contributed by atoms with E-state index >= 15 is 0 Å². The summed E-state index contributed by atoms with van der Waals surface area (Å²) in [7, 11) is 0. The molecule has 4 nitrogen and oxygen atoms in total. The lowest BCUT2D eigenvalue weighted by Gasteiger charge is -2.23. The van der Waals surface area contributed by atoms with Crippen molar-refractivity contribution in [3.05, 3.63) is 102 Å². The second kappa shape index (κ2) is 9.94. The van der Waals surface area contributed by atoms with Crippen LogP contribution in [-0.2, 0) is 17.8 Å². The molecule has 0 N–H and O–H groups in total. The van der Waals surface area contributed by atoms with Crippen molar-refractivity contribution in [3.63, 3.8) is 0 Å².